The summed E-state index contributed by atoms with van der Waals surface area (Å²) in [6.45, 7) is 5.28. The van der Waals surface area contributed by atoms with E-state index in [0.29, 0.717) is 0 Å². The summed E-state index contributed by atoms with van der Waals surface area (Å²) in [7, 11) is 2.17. The summed E-state index contributed by atoms with van der Waals surface area (Å²) < 4.78 is 5.58. The maximum atomic E-state index is 5.58. The first-order valence-corrected chi connectivity index (χ1v) is 6.71. The van der Waals surface area contributed by atoms with Gasteiger partial charge in [-0.15, -0.1) is 0 Å². The molecule has 0 aromatic carbocycles. The van der Waals surface area contributed by atoms with E-state index in [2.05, 4.69) is 23.3 Å². The molecule has 1 N–H and O–H groups in total. The van der Waals surface area contributed by atoms with Crippen molar-refractivity contribution in [3.63, 3.8) is 0 Å². The Hall–Kier alpha value is -0.800. The van der Waals surface area contributed by atoms with Gasteiger partial charge in [-0.25, -0.2) is 0 Å². The number of aryl methyl sites for hydroxylation is 1. The van der Waals surface area contributed by atoms with Crippen LogP contribution in [0.5, 0.6) is 0 Å². The molecule has 0 aliphatic carbocycles. The van der Waals surface area contributed by atoms with Crippen LogP contribution in [0.3, 0.4) is 0 Å². The molecule has 0 amide bonds. The summed E-state index contributed by atoms with van der Waals surface area (Å²) in [6.07, 6.45) is 5.29. The maximum Gasteiger partial charge on any atom is 0.118 e. The third-order valence-electron chi connectivity index (χ3n) is 3.48. The molecule has 0 radical (unpaired) electrons. The van der Waals surface area contributed by atoms with Gasteiger partial charge >= 0.3 is 0 Å². The second kappa shape index (κ2) is 6.22. The number of hydrogen-bond donors (Lipinski definition) is 1. The van der Waals surface area contributed by atoms with Crippen molar-refractivity contribution in [3.05, 3.63) is 23.7 Å². The van der Waals surface area contributed by atoms with Crippen LogP contribution in [0.1, 0.15) is 37.2 Å². The van der Waals surface area contributed by atoms with Crippen molar-refractivity contribution >= 4 is 0 Å². The number of rotatable bonds is 6. The van der Waals surface area contributed by atoms with Crippen LogP contribution < -0.4 is 5.32 Å². The van der Waals surface area contributed by atoms with E-state index >= 15 is 0 Å². The monoisotopic (exact) mass is 236 g/mol. The number of nitrogens with one attached hydrogen (secondary N) is 1. The zero-order valence-electron chi connectivity index (χ0n) is 11.0. The van der Waals surface area contributed by atoms with E-state index in [0.717, 1.165) is 30.7 Å². The second-order valence-corrected chi connectivity index (χ2v) is 5.19. The van der Waals surface area contributed by atoms with Crippen LogP contribution >= 0.6 is 0 Å². The third-order valence-corrected chi connectivity index (χ3v) is 3.48. The normalized spacial score (nSPS) is 20.3. The van der Waals surface area contributed by atoms with E-state index in [9.17, 15) is 0 Å². The molecule has 1 unspecified atom stereocenters. The quantitative estimate of drug-likeness (QED) is 0.823. The van der Waals surface area contributed by atoms with E-state index in [4.69, 9.17) is 4.42 Å². The van der Waals surface area contributed by atoms with Gasteiger partial charge in [0.25, 0.3) is 0 Å². The lowest BCUT2D eigenvalue weighted by Gasteiger charge is -2.16. The van der Waals surface area contributed by atoms with Gasteiger partial charge < -0.3 is 9.73 Å². The molecule has 1 fully saturated rings. The highest BCUT2D eigenvalue weighted by atomic mass is 16.3. The Labute approximate surface area is 104 Å². The first-order valence-electron chi connectivity index (χ1n) is 6.71. The molecular weight excluding hydrogens is 212 g/mol. The molecule has 1 aliphatic heterocycles. The lowest BCUT2D eigenvalue weighted by molar-refractivity contribution is 0.282. The van der Waals surface area contributed by atoms with Gasteiger partial charge in [-0.2, -0.15) is 0 Å². The highest BCUT2D eigenvalue weighted by Crippen LogP contribution is 2.12. The molecule has 1 aromatic rings. The fourth-order valence-electron chi connectivity index (χ4n) is 2.53. The van der Waals surface area contributed by atoms with Gasteiger partial charge in [-0.05, 0) is 64.9 Å². The minimum atomic E-state index is 0.772. The first-order chi connectivity index (χ1) is 8.24. The molecule has 17 heavy (non-hydrogen) atoms. The minimum Gasteiger partial charge on any atom is -0.465 e. The minimum absolute atomic E-state index is 0.772. The van der Waals surface area contributed by atoms with Gasteiger partial charge in [0.15, 0.2) is 0 Å². The molecule has 0 bridgehead atoms. The summed E-state index contributed by atoms with van der Waals surface area (Å²) in [4.78, 5) is 2.34. The van der Waals surface area contributed by atoms with Crippen LogP contribution in [-0.4, -0.2) is 31.1 Å². The molecule has 3 heteroatoms. The summed E-state index contributed by atoms with van der Waals surface area (Å²) in [5, 5.41) is 3.55. The Balaban J connectivity index is 1.61. The van der Waals surface area contributed by atoms with Crippen LogP contribution in [0.25, 0.3) is 0 Å². The summed E-state index contributed by atoms with van der Waals surface area (Å²) >= 11 is 0. The fraction of sp³-hybridized carbons (Fsp3) is 0.714. The molecule has 2 heterocycles. The standard InChI is InChI=1S/C14H24N2O/c1-12-7-8-14(17-12)11-16(2)10-4-6-13-5-3-9-15-13/h7-8,13,15H,3-6,9-11H2,1-2H3. The molecule has 0 saturated carbocycles. The lowest BCUT2D eigenvalue weighted by atomic mass is 10.1. The van der Waals surface area contributed by atoms with Crippen molar-refractivity contribution in [2.24, 2.45) is 0 Å². The molecular formula is C14H24N2O. The van der Waals surface area contributed by atoms with Crippen molar-refractivity contribution in [1.29, 1.82) is 0 Å². The van der Waals surface area contributed by atoms with Gasteiger partial charge in [-0.3, -0.25) is 4.90 Å². The molecule has 0 spiro atoms. The summed E-state index contributed by atoms with van der Waals surface area (Å²) in [6, 6.07) is 4.88. The number of nitrogens with zero attached hydrogens (tertiary/aromatic N) is 1. The van der Waals surface area contributed by atoms with Crippen molar-refractivity contribution < 1.29 is 4.42 Å². The zero-order valence-corrected chi connectivity index (χ0v) is 11.0. The lowest BCUT2D eigenvalue weighted by Crippen LogP contribution is -2.24. The Morgan fingerprint density at radius 3 is 3.00 bits per heavy atom. The molecule has 3 nitrogen and oxygen atoms in total. The average molecular weight is 236 g/mol. The predicted octanol–water partition coefficient (Wildman–Crippen LogP) is 2.55. The van der Waals surface area contributed by atoms with E-state index in [1.54, 1.807) is 0 Å². The Kier molecular flexibility index (Phi) is 4.63. The van der Waals surface area contributed by atoms with E-state index in [1.807, 2.05) is 13.0 Å². The highest BCUT2D eigenvalue weighted by Gasteiger charge is 2.13. The van der Waals surface area contributed by atoms with E-state index < -0.39 is 0 Å². The maximum absolute atomic E-state index is 5.58. The van der Waals surface area contributed by atoms with E-state index in [1.165, 1.54) is 32.2 Å². The van der Waals surface area contributed by atoms with Gasteiger partial charge in [0.1, 0.15) is 11.5 Å². The van der Waals surface area contributed by atoms with Crippen molar-refractivity contribution in [2.75, 3.05) is 20.1 Å². The number of hydrogen-bond acceptors (Lipinski definition) is 3. The largest absolute Gasteiger partial charge is 0.465 e. The van der Waals surface area contributed by atoms with E-state index in [-0.39, 0.29) is 0 Å². The number of furan rings is 1. The van der Waals surface area contributed by atoms with Crippen LogP contribution in [-0.2, 0) is 6.54 Å². The Bertz CT molecular complexity index is 329. The third kappa shape index (κ3) is 4.17. The smallest absolute Gasteiger partial charge is 0.118 e. The second-order valence-electron chi connectivity index (χ2n) is 5.19. The van der Waals surface area contributed by atoms with Crippen molar-refractivity contribution in [1.82, 2.24) is 10.2 Å². The van der Waals surface area contributed by atoms with Gasteiger partial charge in [0.2, 0.25) is 0 Å². The fourth-order valence-corrected chi connectivity index (χ4v) is 2.53. The first kappa shape index (κ1) is 12.7. The average Bonchev–Trinajstić information content (AvgIpc) is 2.90. The molecule has 1 aliphatic rings. The Morgan fingerprint density at radius 1 is 1.47 bits per heavy atom. The van der Waals surface area contributed by atoms with Crippen LogP contribution in [0.15, 0.2) is 16.5 Å². The van der Waals surface area contributed by atoms with Gasteiger partial charge in [0, 0.05) is 6.04 Å². The SMILES string of the molecule is Cc1ccc(CN(C)CCCC2CCCN2)o1. The van der Waals surface area contributed by atoms with Crippen LogP contribution in [0, 0.1) is 6.92 Å². The van der Waals surface area contributed by atoms with Gasteiger partial charge in [0.05, 0.1) is 6.54 Å². The topological polar surface area (TPSA) is 28.4 Å². The molecule has 1 saturated heterocycles. The van der Waals surface area contributed by atoms with Gasteiger partial charge in [-0.1, -0.05) is 0 Å². The van der Waals surface area contributed by atoms with Crippen LogP contribution in [0.4, 0.5) is 0 Å². The highest BCUT2D eigenvalue weighted by molar-refractivity contribution is 5.05. The molecule has 1 aromatic heterocycles. The Morgan fingerprint density at radius 2 is 2.35 bits per heavy atom. The van der Waals surface area contributed by atoms with Crippen LogP contribution in [0.2, 0.25) is 0 Å². The predicted molar refractivity (Wildman–Crippen MR) is 70.0 cm³/mol. The molecule has 1 atom stereocenters. The molecule has 2 rings (SSSR count). The zero-order chi connectivity index (χ0) is 12.1. The molecule has 96 valence electrons. The summed E-state index contributed by atoms with van der Waals surface area (Å²) in [5.74, 6) is 2.08. The van der Waals surface area contributed by atoms with Crippen molar-refractivity contribution in [2.45, 2.75) is 45.2 Å². The van der Waals surface area contributed by atoms with Crippen molar-refractivity contribution in [3.8, 4) is 0 Å². The summed E-state index contributed by atoms with van der Waals surface area (Å²) in [5.41, 5.74) is 0.